The number of esters is 1. The van der Waals surface area contributed by atoms with Crippen LogP contribution in [0.1, 0.15) is 25.8 Å². The topological polar surface area (TPSA) is 106 Å². The fourth-order valence-corrected chi connectivity index (χ4v) is 7.44. The average molecular weight is 589 g/mol. The molecule has 9 nitrogen and oxygen atoms in total. The van der Waals surface area contributed by atoms with Gasteiger partial charge in [-0.3, -0.25) is 14.4 Å². The first kappa shape index (κ1) is 30.5. The summed E-state index contributed by atoms with van der Waals surface area (Å²) in [5, 5.41) is 10.7. The molecule has 3 aliphatic heterocycles. The number of carbonyl (C=O) groups excluding carboxylic acids is 3. The van der Waals surface area contributed by atoms with E-state index in [1.807, 2.05) is 44.2 Å². The number of methoxy groups -OCH3 is 1. The number of rotatable bonds is 12. The van der Waals surface area contributed by atoms with E-state index < -0.39 is 47.0 Å². The van der Waals surface area contributed by atoms with Crippen LogP contribution in [-0.4, -0.2) is 77.9 Å². The number of likely N-dealkylation sites (tertiary alicyclic amines) is 1. The van der Waals surface area contributed by atoms with E-state index in [1.54, 1.807) is 42.4 Å². The van der Waals surface area contributed by atoms with Crippen molar-refractivity contribution in [1.82, 2.24) is 4.90 Å². The molecule has 5 rings (SSSR count). The zero-order valence-corrected chi connectivity index (χ0v) is 25.0. The van der Waals surface area contributed by atoms with Crippen LogP contribution >= 0.6 is 0 Å². The first-order valence-corrected chi connectivity index (χ1v) is 14.7. The third kappa shape index (κ3) is 4.94. The van der Waals surface area contributed by atoms with Crippen LogP contribution in [0.2, 0.25) is 0 Å². The summed E-state index contributed by atoms with van der Waals surface area (Å²) in [6.07, 6.45) is 3.81. The van der Waals surface area contributed by atoms with E-state index >= 15 is 0 Å². The highest BCUT2D eigenvalue weighted by molar-refractivity contribution is 6.05. The van der Waals surface area contributed by atoms with Crippen LogP contribution in [0.4, 0.5) is 5.69 Å². The summed E-state index contributed by atoms with van der Waals surface area (Å²) < 4.78 is 17.6. The number of carbonyl (C=O) groups is 3. The number of hydrogen-bond donors (Lipinski definition) is 1. The molecule has 3 unspecified atom stereocenters. The van der Waals surface area contributed by atoms with Gasteiger partial charge in [0.2, 0.25) is 5.91 Å². The van der Waals surface area contributed by atoms with E-state index in [0.29, 0.717) is 24.3 Å². The SMILES string of the molecule is C=CCOC(=O)[C@@H]1[C@H]2C(=O)N([C@@H](CO)Cc3ccccc3)C(C(=O)N(CC=C)c3ccc(OC)cc3)C23CC(C)[C@@]1(C)O3. The molecule has 2 bridgehead atoms. The number of ether oxygens (including phenoxy) is 3. The van der Waals surface area contributed by atoms with E-state index in [1.165, 1.54) is 11.0 Å². The Balaban J connectivity index is 1.64. The summed E-state index contributed by atoms with van der Waals surface area (Å²) in [5.74, 6) is -2.70. The van der Waals surface area contributed by atoms with Crippen molar-refractivity contribution in [1.29, 1.82) is 0 Å². The second-order valence-corrected chi connectivity index (χ2v) is 11.8. The molecule has 2 aromatic carbocycles. The van der Waals surface area contributed by atoms with Crippen molar-refractivity contribution in [3.63, 3.8) is 0 Å². The van der Waals surface area contributed by atoms with Crippen LogP contribution in [0.3, 0.4) is 0 Å². The molecule has 3 aliphatic rings. The molecule has 3 saturated heterocycles. The van der Waals surface area contributed by atoms with Crippen molar-refractivity contribution < 1.29 is 33.7 Å². The molecule has 43 heavy (non-hydrogen) atoms. The average Bonchev–Trinajstić information content (AvgIpc) is 3.54. The molecule has 7 atom stereocenters. The summed E-state index contributed by atoms with van der Waals surface area (Å²) in [6, 6.07) is 14.7. The molecule has 1 N–H and O–H groups in total. The number of hydrogen-bond acceptors (Lipinski definition) is 7. The Morgan fingerprint density at radius 1 is 1.16 bits per heavy atom. The lowest BCUT2D eigenvalue weighted by atomic mass is 9.62. The predicted molar refractivity (Wildman–Crippen MR) is 161 cm³/mol. The third-order valence-corrected chi connectivity index (χ3v) is 9.46. The lowest BCUT2D eigenvalue weighted by molar-refractivity contribution is -0.161. The Morgan fingerprint density at radius 3 is 2.47 bits per heavy atom. The Bertz CT molecular complexity index is 1380. The van der Waals surface area contributed by atoms with Crippen molar-refractivity contribution in [3.8, 4) is 5.75 Å². The number of fused-ring (bicyclic) bond motifs is 1. The molecule has 9 heteroatoms. The lowest BCUT2D eigenvalue weighted by Crippen LogP contribution is -2.59. The fourth-order valence-electron chi connectivity index (χ4n) is 7.44. The highest BCUT2D eigenvalue weighted by Gasteiger charge is 2.80. The van der Waals surface area contributed by atoms with Gasteiger partial charge in [0, 0.05) is 12.2 Å². The zero-order valence-electron chi connectivity index (χ0n) is 25.0. The van der Waals surface area contributed by atoms with Crippen LogP contribution in [0.15, 0.2) is 79.9 Å². The maximum absolute atomic E-state index is 14.9. The minimum Gasteiger partial charge on any atom is -0.497 e. The molecule has 0 radical (unpaired) electrons. The largest absolute Gasteiger partial charge is 0.497 e. The smallest absolute Gasteiger partial charge is 0.313 e. The van der Waals surface area contributed by atoms with Gasteiger partial charge < -0.3 is 29.1 Å². The first-order valence-electron chi connectivity index (χ1n) is 14.7. The Kier molecular flexibility index (Phi) is 8.49. The quantitative estimate of drug-likeness (QED) is 0.299. The van der Waals surface area contributed by atoms with Crippen LogP contribution in [0.5, 0.6) is 5.75 Å². The van der Waals surface area contributed by atoms with E-state index in [-0.39, 0.29) is 31.6 Å². The second-order valence-electron chi connectivity index (χ2n) is 11.8. The lowest BCUT2D eigenvalue weighted by Gasteiger charge is -2.39. The van der Waals surface area contributed by atoms with Crippen molar-refractivity contribution >= 4 is 23.5 Å². The molecule has 1 spiro atoms. The Morgan fingerprint density at radius 2 is 1.86 bits per heavy atom. The molecule has 2 amide bonds. The highest BCUT2D eigenvalue weighted by atomic mass is 16.6. The molecule has 0 aliphatic carbocycles. The number of amides is 2. The van der Waals surface area contributed by atoms with Crippen LogP contribution in [0.25, 0.3) is 0 Å². The number of aliphatic hydroxyl groups is 1. The van der Waals surface area contributed by atoms with Gasteiger partial charge in [-0.1, -0.05) is 56.0 Å². The van der Waals surface area contributed by atoms with Gasteiger partial charge in [0.05, 0.1) is 31.3 Å². The van der Waals surface area contributed by atoms with Gasteiger partial charge in [0.1, 0.15) is 29.9 Å². The molecule has 0 saturated carbocycles. The van der Waals surface area contributed by atoms with Gasteiger partial charge in [0.15, 0.2) is 0 Å². The van der Waals surface area contributed by atoms with Crippen molar-refractivity contribution in [3.05, 3.63) is 85.5 Å². The van der Waals surface area contributed by atoms with Crippen LogP contribution < -0.4 is 9.64 Å². The Labute approximate surface area is 252 Å². The standard InChI is InChI=1S/C34H40N2O7/c1-6-17-35(24-13-15-26(41-5)16-14-24)31(39)29-34-20-22(3)33(4,43-34)28(32(40)42-18-7-2)27(34)30(38)36(29)25(21-37)19-23-11-9-8-10-12-23/h6-16,22,25,27-29,37H,1-2,17-21H2,3-5H3/t22?,25-,27+,28+,29?,33-,34?/m1/s1. The van der Waals surface area contributed by atoms with Crippen LogP contribution in [0, 0.1) is 17.8 Å². The summed E-state index contributed by atoms with van der Waals surface area (Å²) in [5.41, 5.74) is -0.812. The van der Waals surface area contributed by atoms with E-state index in [4.69, 9.17) is 14.2 Å². The van der Waals surface area contributed by atoms with Gasteiger partial charge in [-0.05, 0) is 55.5 Å². The molecule has 0 aromatic heterocycles. The minimum atomic E-state index is -1.30. The summed E-state index contributed by atoms with van der Waals surface area (Å²) in [4.78, 5) is 46.1. The van der Waals surface area contributed by atoms with Crippen molar-refractivity contribution in [2.45, 2.75) is 50.0 Å². The van der Waals surface area contributed by atoms with Crippen molar-refractivity contribution in [2.24, 2.45) is 17.8 Å². The van der Waals surface area contributed by atoms with Gasteiger partial charge in [-0.25, -0.2) is 0 Å². The maximum Gasteiger partial charge on any atom is 0.313 e. The predicted octanol–water partition coefficient (Wildman–Crippen LogP) is 3.56. The first-order chi connectivity index (χ1) is 20.7. The maximum atomic E-state index is 14.9. The zero-order chi connectivity index (χ0) is 30.9. The third-order valence-electron chi connectivity index (χ3n) is 9.46. The van der Waals surface area contributed by atoms with Gasteiger partial charge in [0.25, 0.3) is 5.91 Å². The monoisotopic (exact) mass is 588 g/mol. The van der Waals surface area contributed by atoms with Gasteiger partial charge in [-0.2, -0.15) is 0 Å². The van der Waals surface area contributed by atoms with E-state index in [9.17, 15) is 19.5 Å². The summed E-state index contributed by atoms with van der Waals surface area (Å²) >= 11 is 0. The normalized spacial score (nSPS) is 29.6. The fraction of sp³-hybridized carbons (Fsp3) is 0.441. The van der Waals surface area contributed by atoms with E-state index in [2.05, 4.69) is 13.2 Å². The second kappa shape index (κ2) is 12.0. The summed E-state index contributed by atoms with van der Waals surface area (Å²) in [6.45, 7) is 11.1. The molecule has 2 aromatic rings. The summed E-state index contributed by atoms with van der Waals surface area (Å²) in [7, 11) is 1.57. The number of aliphatic hydroxyl groups excluding tert-OH is 1. The Hall–Kier alpha value is -3.95. The molecular weight excluding hydrogens is 548 g/mol. The number of benzene rings is 2. The van der Waals surface area contributed by atoms with Gasteiger partial charge >= 0.3 is 5.97 Å². The minimum absolute atomic E-state index is 0.00235. The molecule has 228 valence electrons. The van der Waals surface area contributed by atoms with Crippen LogP contribution in [-0.2, 0) is 30.3 Å². The molecule has 3 fully saturated rings. The molecule has 3 heterocycles. The van der Waals surface area contributed by atoms with E-state index in [0.717, 1.165) is 5.56 Å². The number of nitrogens with zero attached hydrogens (tertiary/aromatic N) is 2. The van der Waals surface area contributed by atoms with Crippen molar-refractivity contribution in [2.75, 3.05) is 31.8 Å². The number of anilines is 1. The van der Waals surface area contributed by atoms with Gasteiger partial charge in [-0.15, -0.1) is 6.58 Å². The highest BCUT2D eigenvalue weighted by Crippen LogP contribution is 2.65. The molecular formula is C34H40N2O7.